The molecular formula is C18H31NO2. The highest BCUT2D eigenvalue weighted by atomic mass is 16.5. The van der Waals surface area contributed by atoms with Crippen LogP contribution in [0.3, 0.4) is 0 Å². The Morgan fingerprint density at radius 3 is 2.52 bits per heavy atom. The average Bonchev–Trinajstić information content (AvgIpc) is 2.39. The maximum atomic E-state index is 10.6. The number of hydrogen-bond acceptors (Lipinski definition) is 2. The molecular weight excluding hydrogens is 262 g/mol. The first-order chi connectivity index (χ1) is 9.82. The fourth-order valence-electron chi connectivity index (χ4n) is 2.98. The maximum Gasteiger partial charge on any atom is 0.207 e. The summed E-state index contributed by atoms with van der Waals surface area (Å²) < 4.78 is 5.65. The summed E-state index contributed by atoms with van der Waals surface area (Å²) >= 11 is 0. The Morgan fingerprint density at radius 2 is 2.00 bits per heavy atom. The summed E-state index contributed by atoms with van der Waals surface area (Å²) in [7, 11) is 0. The van der Waals surface area contributed by atoms with Gasteiger partial charge in [0.25, 0.3) is 0 Å². The molecule has 1 rings (SSSR count). The Labute approximate surface area is 129 Å². The zero-order chi connectivity index (χ0) is 15.9. The van der Waals surface area contributed by atoms with E-state index < -0.39 is 0 Å². The van der Waals surface area contributed by atoms with Gasteiger partial charge in [-0.3, -0.25) is 4.79 Å². The van der Waals surface area contributed by atoms with Crippen molar-refractivity contribution in [3.8, 4) is 0 Å². The Kier molecular flexibility index (Phi) is 6.66. The average molecular weight is 293 g/mol. The smallest absolute Gasteiger partial charge is 0.207 e. The van der Waals surface area contributed by atoms with Crippen LogP contribution in [0.15, 0.2) is 23.8 Å². The molecule has 3 nitrogen and oxygen atoms in total. The van der Waals surface area contributed by atoms with Crippen molar-refractivity contribution >= 4 is 6.41 Å². The van der Waals surface area contributed by atoms with Crippen molar-refractivity contribution in [1.29, 1.82) is 0 Å². The summed E-state index contributed by atoms with van der Waals surface area (Å²) in [5.74, 6) is 0.631. The molecule has 3 heteroatoms. The van der Waals surface area contributed by atoms with Gasteiger partial charge in [-0.1, -0.05) is 23.8 Å². The van der Waals surface area contributed by atoms with Gasteiger partial charge >= 0.3 is 0 Å². The van der Waals surface area contributed by atoms with E-state index in [1.165, 1.54) is 5.57 Å². The van der Waals surface area contributed by atoms with Crippen LogP contribution in [-0.2, 0) is 9.53 Å². The van der Waals surface area contributed by atoms with Gasteiger partial charge in [0, 0.05) is 12.1 Å². The SMILES string of the molecule is CCOC(C)(C)C=CC=C(C)C1CCC(C)(NC=O)CC1. The molecule has 0 radical (unpaired) electrons. The zero-order valence-corrected chi connectivity index (χ0v) is 14.2. The van der Waals surface area contributed by atoms with Gasteiger partial charge in [0.05, 0.1) is 5.60 Å². The quantitative estimate of drug-likeness (QED) is 0.569. The lowest BCUT2D eigenvalue weighted by molar-refractivity contribution is -0.111. The first kappa shape index (κ1) is 18.0. The third-order valence-electron chi connectivity index (χ3n) is 4.51. The maximum absolute atomic E-state index is 10.6. The molecule has 21 heavy (non-hydrogen) atoms. The van der Waals surface area contributed by atoms with Gasteiger partial charge in [-0.25, -0.2) is 0 Å². The predicted octanol–water partition coefficient (Wildman–Crippen LogP) is 4.00. The van der Waals surface area contributed by atoms with E-state index in [-0.39, 0.29) is 11.1 Å². The fraction of sp³-hybridized carbons (Fsp3) is 0.722. The molecule has 1 aliphatic carbocycles. The molecule has 0 bridgehead atoms. The van der Waals surface area contributed by atoms with Gasteiger partial charge in [-0.05, 0) is 66.2 Å². The molecule has 1 aliphatic rings. The van der Waals surface area contributed by atoms with Crippen LogP contribution in [-0.4, -0.2) is 24.2 Å². The van der Waals surface area contributed by atoms with Crippen LogP contribution >= 0.6 is 0 Å². The molecule has 1 saturated carbocycles. The van der Waals surface area contributed by atoms with Gasteiger partial charge in [-0.2, -0.15) is 0 Å². The molecule has 0 aromatic rings. The van der Waals surface area contributed by atoms with Crippen LogP contribution in [0.2, 0.25) is 0 Å². The minimum Gasteiger partial charge on any atom is -0.372 e. The third kappa shape index (κ3) is 6.04. The van der Waals surface area contributed by atoms with Crippen LogP contribution in [0.1, 0.15) is 60.3 Å². The number of carbonyl (C=O) groups excluding carboxylic acids is 1. The Balaban J connectivity index is 2.53. The summed E-state index contributed by atoms with van der Waals surface area (Å²) in [6, 6.07) is 0. The van der Waals surface area contributed by atoms with E-state index in [0.29, 0.717) is 5.92 Å². The van der Waals surface area contributed by atoms with Crippen LogP contribution in [0.25, 0.3) is 0 Å². The van der Waals surface area contributed by atoms with Gasteiger partial charge in [0.1, 0.15) is 0 Å². The second kappa shape index (κ2) is 7.79. The fourth-order valence-corrected chi connectivity index (χ4v) is 2.98. The molecule has 0 atom stereocenters. The molecule has 0 saturated heterocycles. The zero-order valence-electron chi connectivity index (χ0n) is 14.2. The lowest BCUT2D eigenvalue weighted by Gasteiger charge is -2.37. The normalized spacial score (nSPS) is 27.9. The monoisotopic (exact) mass is 293 g/mol. The van der Waals surface area contributed by atoms with Crippen LogP contribution in [0, 0.1) is 5.92 Å². The van der Waals surface area contributed by atoms with E-state index >= 15 is 0 Å². The predicted molar refractivity (Wildman–Crippen MR) is 88.2 cm³/mol. The highest BCUT2D eigenvalue weighted by Crippen LogP contribution is 2.35. The van der Waals surface area contributed by atoms with Gasteiger partial charge in [0.15, 0.2) is 0 Å². The molecule has 0 aromatic heterocycles. The number of allylic oxidation sites excluding steroid dienone is 3. The van der Waals surface area contributed by atoms with Gasteiger partial charge < -0.3 is 10.1 Å². The summed E-state index contributed by atoms with van der Waals surface area (Å²) in [5, 5.41) is 2.97. The van der Waals surface area contributed by atoms with Gasteiger partial charge in [0.2, 0.25) is 6.41 Å². The summed E-state index contributed by atoms with van der Waals surface area (Å²) in [6.45, 7) is 11.2. The van der Waals surface area contributed by atoms with E-state index in [0.717, 1.165) is 38.7 Å². The van der Waals surface area contributed by atoms with Crippen molar-refractivity contribution in [1.82, 2.24) is 5.32 Å². The molecule has 0 unspecified atom stereocenters. The second-order valence-corrected chi connectivity index (χ2v) is 6.90. The van der Waals surface area contributed by atoms with Crippen LogP contribution in [0.5, 0.6) is 0 Å². The highest BCUT2D eigenvalue weighted by molar-refractivity contribution is 5.47. The Hall–Kier alpha value is -1.09. The van der Waals surface area contributed by atoms with E-state index in [2.05, 4.69) is 51.2 Å². The number of rotatable bonds is 7. The number of amides is 1. The van der Waals surface area contributed by atoms with E-state index in [1.54, 1.807) is 0 Å². The van der Waals surface area contributed by atoms with Crippen molar-refractivity contribution in [2.45, 2.75) is 71.4 Å². The van der Waals surface area contributed by atoms with Crippen molar-refractivity contribution in [3.63, 3.8) is 0 Å². The summed E-state index contributed by atoms with van der Waals surface area (Å²) in [4.78, 5) is 10.6. The first-order valence-electron chi connectivity index (χ1n) is 8.03. The number of ether oxygens (including phenoxy) is 1. The van der Waals surface area contributed by atoms with E-state index in [1.807, 2.05) is 6.92 Å². The topological polar surface area (TPSA) is 38.3 Å². The molecule has 0 heterocycles. The number of nitrogens with one attached hydrogen (secondary N) is 1. The largest absolute Gasteiger partial charge is 0.372 e. The lowest BCUT2D eigenvalue weighted by atomic mass is 9.75. The minimum atomic E-state index is -0.204. The van der Waals surface area contributed by atoms with E-state index in [9.17, 15) is 4.79 Å². The van der Waals surface area contributed by atoms with Crippen LogP contribution < -0.4 is 5.32 Å². The second-order valence-electron chi connectivity index (χ2n) is 6.90. The Morgan fingerprint density at radius 1 is 1.38 bits per heavy atom. The van der Waals surface area contributed by atoms with E-state index in [4.69, 9.17) is 4.74 Å². The molecule has 1 N–H and O–H groups in total. The molecule has 0 aliphatic heterocycles. The Bertz CT molecular complexity index is 388. The molecule has 1 fully saturated rings. The summed E-state index contributed by atoms with van der Waals surface area (Å²) in [6.07, 6.45) is 11.7. The first-order valence-corrected chi connectivity index (χ1v) is 8.03. The molecule has 0 spiro atoms. The summed E-state index contributed by atoms with van der Waals surface area (Å²) in [5.41, 5.74) is 1.21. The minimum absolute atomic E-state index is 0.00860. The van der Waals surface area contributed by atoms with Gasteiger partial charge in [-0.15, -0.1) is 0 Å². The van der Waals surface area contributed by atoms with Crippen molar-refractivity contribution in [2.75, 3.05) is 6.61 Å². The molecule has 1 amide bonds. The van der Waals surface area contributed by atoms with Crippen molar-refractivity contribution in [2.24, 2.45) is 5.92 Å². The number of carbonyl (C=O) groups is 1. The van der Waals surface area contributed by atoms with Crippen molar-refractivity contribution in [3.05, 3.63) is 23.8 Å². The number of hydrogen-bond donors (Lipinski definition) is 1. The van der Waals surface area contributed by atoms with Crippen molar-refractivity contribution < 1.29 is 9.53 Å². The van der Waals surface area contributed by atoms with Crippen LogP contribution in [0.4, 0.5) is 0 Å². The lowest BCUT2D eigenvalue weighted by Crippen LogP contribution is -2.44. The third-order valence-corrected chi connectivity index (χ3v) is 4.51. The standard InChI is InChI=1S/C18H31NO2/c1-6-21-17(3,4)11-7-8-15(2)16-9-12-18(5,13-10-16)19-14-20/h7-8,11,14,16H,6,9-10,12-13H2,1-5H3,(H,19,20). The molecule has 120 valence electrons. The highest BCUT2D eigenvalue weighted by Gasteiger charge is 2.30. The molecule has 0 aromatic carbocycles.